The van der Waals surface area contributed by atoms with E-state index in [2.05, 4.69) is 9.97 Å². The van der Waals surface area contributed by atoms with Gasteiger partial charge in [0.05, 0.1) is 23.4 Å². The number of anilines is 1. The van der Waals surface area contributed by atoms with Crippen LogP contribution < -0.4 is 9.64 Å². The van der Waals surface area contributed by atoms with E-state index in [9.17, 15) is 22.7 Å². The van der Waals surface area contributed by atoms with E-state index in [4.69, 9.17) is 4.74 Å². The second-order valence-electron chi connectivity index (χ2n) is 6.88. The van der Waals surface area contributed by atoms with Crippen LogP contribution in [-0.2, 0) is 0 Å². The predicted molar refractivity (Wildman–Crippen MR) is 94.4 cm³/mol. The van der Waals surface area contributed by atoms with Gasteiger partial charge in [-0.15, -0.1) is 0 Å². The molecule has 1 saturated heterocycles. The van der Waals surface area contributed by atoms with Crippen molar-refractivity contribution in [2.45, 2.75) is 31.5 Å². The number of nitrogens with zero attached hydrogens (tertiary/aromatic N) is 2. The highest BCUT2D eigenvalue weighted by Crippen LogP contribution is 2.44. The zero-order valence-corrected chi connectivity index (χ0v) is 14.8. The number of hydrogen-bond acceptors (Lipinski definition) is 4. The third-order valence-corrected chi connectivity index (χ3v) is 4.71. The average molecular weight is 395 g/mol. The normalized spacial score (nSPS) is 19.7. The summed E-state index contributed by atoms with van der Waals surface area (Å²) < 4.78 is 59.4. The van der Waals surface area contributed by atoms with E-state index in [1.54, 1.807) is 23.1 Å². The van der Waals surface area contributed by atoms with Crippen LogP contribution in [-0.4, -0.2) is 33.8 Å². The van der Waals surface area contributed by atoms with Crippen molar-refractivity contribution in [3.8, 4) is 5.75 Å². The monoisotopic (exact) mass is 395 g/mol. The number of halogens is 4. The SMILES string of the molecule is CC(F)(F)COc1ccc([C@H]2CC(O)N2c2ccc3[nH]cnc3c2)c(F)c1F. The number of nitrogens with one attached hydrogen (secondary N) is 1. The molecular formula is C19H17F4N3O2. The molecule has 5 nitrogen and oxygen atoms in total. The lowest BCUT2D eigenvalue weighted by Crippen LogP contribution is -2.50. The Hall–Kier alpha value is -2.81. The van der Waals surface area contributed by atoms with E-state index in [-0.39, 0.29) is 12.0 Å². The summed E-state index contributed by atoms with van der Waals surface area (Å²) in [5, 5.41) is 10.2. The molecule has 1 aliphatic rings. The highest BCUT2D eigenvalue weighted by molar-refractivity contribution is 5.79. The summed E-state index contributed by atoms with van der Waals surface area (Å²) in [7, 11) is 0. The Kier molecular flexibility index (Phi) is 4.41. The molecule has 1 aromatic heterocycles. The van der Waals surface area contributed by atoms with Crippen LogP contribution in [0, 0.1) is 11.6 Å². The van der Waals surface area contributed by atoms with E-state index in [0.717, 1.165) is 11.6 Å². The van der Waals surface area contributed by atoms with E-state index in [1.165, 1.54) is 12.4 Å². The van der Waals surface area contributed by atoms with Crippen molar-refractivity contribution in [2.24, 2.45) is 0 Å². The van der Waals surface area contributed by atoms with Crippen molar-refractivity contribution in [1.82, 2.24) is 9.97 Å². The minimum atomic E-state index is -3.17. The van der Waals surface area contributed by atoms with E-state index >= 15 is 0 Å². The Labute approximate surface area is 157 Å². The van der Waals surface area contributed by atoms with Gasteiger partial charge < -0.3 is 19.7 Å². The molecule has 1 unspecified atom stereocenters. The van der Waals surface area contributed by atoms with Crippen LogP contribution in [0.15, 0.2) is 36.7 Å². The molecule has 0 bridgehead atoms. The van der Waals surface area contributed by atoms with Crippen LogP contribution in [0.4, 0.5) is 23.2 Å². The molecule has 2 N–H and O–H groups in total. The number of aromatic amines is 1. The number of hydrogen-bond donors (Lipinski definition) is 2. The Morgan fingerprint density at radius 2 is 2.04 bits per heavy atom. The highest BCUT2D eigenvalue weighted by Gasteiger charge is 2.40. The van der Waals surface area contributed by atoms with Crippen LogP contribution >= 0.6 is 0 Å². The quantitative estimate of drug-likeness (QED) is 0.638. The minimum absolute atomic E-state index is 0.0144. The van der Waals surface area contributed by atoms with Gasteiger partial charge in [0, 0.05) is 24.6 Å². The lowest BCUT2D eigenvalue weighted by Gasteiger charge is -2.47. The number of rotatable bonds is 5. The van der Waals surface area contributed by atoms with Gasteiger partial charge in [0.15, 0.2) is 18.2 Å². The number of benzene rings is 2. The van der Waals surface area contributed by atoms with Crippen molar-refractivity contribution in [3.63, 3.8) is 0 Å². The van der Waals surface area contributed by atoms with Crippen LogP contribution in [0.5, 0.6) is 5.75 Å². The van der Waals surface area contributed by atoms with Gasteiger partial charge in [0.2, 0.25) is 5.82 Å². The fraction of sp³-hybridized carbons (Fsp3) is 0.316. The fourth-order valence-electron chi connectivity index (χ4n) is 3.33. The minimum Gasteiger partial charge on any atom is -0.484 e. The number of aliphatic hydroxyl groups excluding tert-OH is 1. The molecule has 1 fully saturated rings. The van der Waals surface area contributed by atoms with Crippen molar-refractivity contribution >= 4 is 16.7 Å². The number of ether oxygens (including phenoxy) is 1. The third kappa shape index (κ3) is 3.26. The molecule has 2 aromatic carbocycles. The fourth-order valence-corrected chi connectivity index (χ4v) is 3.33. The maximum Gasteiger partial charge on any atom is 0.278 e. The van der Waals surface area contributed by atoms with Gasteiger partial charge in [-0.3, -0.25) is 0 Å². The van der Waals surface area contributed by atoms with E-state index < -0.39 is 42.2 Å². The maximum atomic E-state index is 14.6. The Balaban J connectivity index is 1.62. The first kappa shape index (κ1) is 18.5. The number of imidazole rings is 1. The summed E-state index contributed by atoms with van der Waals surface area (Å²) in [4.78, 5) is 8.65. The van der Waals surface area contributed by atoms with Gasteiger partial charge in [-0.05, 0) is 24.3 Å². The molecule has 3 aromatic rings. The van der Waals surface area contributed by atoms with Gasteiger partial charge in [-0.25, -0.2) is 18.2 Å². The summed E-state index contributed by atoms with van der Waals surface area (Å²) in [6.45, 7) is -0.430. The number of fused-ring (bicyclic) bond motifs is 1. The average Bonchev–Trinajstić information content (AvgIpc) is 3.08. The molecule has 2 heterocycles. The van der Waals surface area contributed by atoms with Crippen LogP contribution in [0.25, 0.3) is 11.0 Å². The summed E-state index contributed by atoms with van der Waals surface area (Å²) in [5.41, 5.74) is 2.10. The summed E-state index contributed by atoms with van der Waals surface area (Å²) >= 11 is 0. The molecule has 28 heavy (non-hydrogen) atoms. The van der Waals surface area contributed by atoms with Crippen molar-refractivity contribution in [2.75, 3.05) is 11.5 Å². The molecular weight excluding hydrogens is 378 g/mol. The van der Waals surface area contributed by atoms with Gasteiger partial charge in [-0.1, -0.05) is 6.07 Å². The van der Waals surface area contributed by atoms with Crippen molar-refractivity contribution in [1.29, 1.82) is 0 Å². The summed E-state index contributed by atoms with van der Waals surface area (Å²) in [5.74, 6) is -6.25. The molecule has 148 valence electrons. The number of alkyl halides is 2. The lowest BCUT2D eigenvalue weighted by atomic mass is 9.91. The van der Waals surface area contributed by atoms with Gasteiger partial charge in [0.25, 0.3) is 5.92 Å². The van der Waals surface area contributed by atoms with Crippen LogP contribution in [0.2, 0.25) is 0 Å². The maximum absolute atomic E-state index is 14.6. The summed E-state index contributed by atoms with van der Waals surface area (Å²) in [6.07, 6.45) is 0.868. The first-order valence-corrected chi connectivity index (χ1v) is 8.62. The smallest absolute Gasteiger partial charge is 0.278 e. The third-order valence-electron chi connectivity index (χ3n) is 4.71. The molecule has 4 rings (SSSR count). The van der Waals surface area contributed by atoms with E-state index in [1.807, 2.05) is 0 Å². The van der Waals surface area contributed by atoms with Gasteiger partial charge in [0.1, 0.15) is 6.23 Å². The molecule has 1 aliphatic heterocycles. The molecule has 0 saturated carbocycles. The standard InChI is InChI=1S/C19H17F4N3O2/c1-19(22,23)8-28-15-5-3-11(17(20)18(15)21)14-7-16(27)26(14)10-2-4-12-13(6-10)25-9-24-12/h2-6,9,14,16,27H,7-8H2,1H3,(H,24,25)/t14-,16?/m1/s1. The second-order valence-corrected chi connectivity index (χ2v) is 6.88. The number of H-pyrrole nitrogens is 1. The van der Waals surface area contributed by atoms with E-state index in [0.29, 0.717) is 18.1 Å². The zero-order chi connectivity index (χ0) is 20.1. The van der Waals surface area contributed by atoms with Crippen LogP contribution in [0.1, 0.15) is 24.9 Å². The van der Waals surface area contributed by atoms with Crippen LogP contribution in [0.3, 0.4) is 0 Å². The molecule has 2 atom stereocenters. The van der Waals surface area contributed by atoms with Gasteiger partial charge in [-0.2, -0.15) is 4.39 Å². The Bertz CT molecular complexity index is 1020. The lowest BCUT2D eigenvalue weighted by molar-refractivity contribution is -0.0241. The highest BCUT2D eigenvalue weighted by atomic mass is 19.3. The number of aromatic nitrogens is 2. The zero-order valence-electron chi connectivity index (χ0n) is 14.8. The van der Waals surface area contributed by atoms with Gasteiger partial charge >= 0.3 is 0 Å². The number of aliphatic hydroxyl groups is 1. The second kappa shape index (κ2) is 6.66. The molecule has 0 amide bonds. The van der Waals surface area contributed by atoms with Crippen molar-refractivity contribution < 1.29 is 27.4 Å². The first-order valence-electron chi connectivity index (χ1n) is 8.62. The summed E-state index contributed by atoms with van der Waals surface area (Å²) in [6, 6.07) is 7.06. The topological polar surface area (TPSA) is 61.4 Å². The molecule has 0 radical (unpaired) electrons. The Morgan fingerprint density at radius 1 is 1.25 bits per heavy atom. The molecule has 9 heteroatoms. The molecule has 0 aliphatic carbocycles. The van der Waals surface area contributed by atoms with Crippen molar-refractivity contribution in [3.05, 3.63) is 53.9 Å². The molecule has 0 spiro atoms. The Morgan fingerprint density at radius 3 is 2.75 bits per heavy atom. The predicted octanol–water partition coefficient (Wildman–Crippen LogP) is 4.14. The largest absolute Gasteiger partial charge is 0.484 e. The first-order chi connectivity index (χ1) is 13.2.